The number of aliphatic hydroxyl groups is 2. The molecule has 3 aromatic rings. The van der Waals surface area contributed by atoms with E-state index >= 15 is 0 Å². The number of benzene rings is 1. The third kappa shape index (κ3) is 3.55. The average Bonchev–Trinajstić information content (AvgIpc) is 2.72. The van der Waals surface area contributed by atoms with E-state index in [0.717, 1.165) is 0 Å². The van der Waals surface area contributed by atoms with Crippen molar-refractivity contribution in [2.75, 3.05) is 37.8 Å². The second-order valence-electron chi connectivity index (χ2n) is 6.36. The number of aromatic hydroxyl groups is 1. The molecule has 1 aliphatic heterocycles. The molecule has 1 aromatic carbocycles. The minimum atomic E-state index is -1.02. The Morgan fingerprint density at radius 2 is 1.96 bits per heavy atom. The largest absolute Gasteiger partial charge is 0.508 e. The molecule has 0 amide bonds. The number of phenolic OH excluding ortho intramolecular Hbond substituents is 1. The maximum Gasteiger partial charge on any atom is 0.162 e. The smallest absolute Gasteiger partial charge is 0.162 e. The molecule has 1 atom stereocenters. The molecule has 4 rings (SSSR count). The van der Waals surface area contributed by atoms with Crippen molar-refractivity contribution >= 4 is 16.9 Å². The van der Waals surface area contributed by atoms with E-state index in [4.69, 9.17) is 9.72 Å². The van der Waals surface area contributed by atoms with Gasteiger partial charge in [-0.1, -0.05) is 12.1 Å². The van der Waals surface area contributed by atoms with Crippen molar-refractivity contribution in [3.63, 3.8) is 0 Å². The van der Waals surface area contributed by atoms with Crippen LogP contribution < -0.4 is 4.90 Å². The summed E-state index contributed by atoms with van der Waals surface area (Å²) in [4.78, 5) is 15.8. The highest BCUT2D eigenvalue weighted by molar-refractivity contribution is 5.88. The first-order valence-electron chi connectivity index (χ1n) is 8.74. The fourth-order valence-electron chi connectivity index (χ4n) is 3.08. The quantitative estimate of drug-likeness (QED) is 0.631. The number of hydrogen-bond acceptors (Lipinski definition) is 8. The van der Waals surface area contributed by atoms with Crippen molar-refractivity contribution in [2.45, 2.75) is 6.10 Å². The number of anilines is 1. The Labute approximate surface area is 155 Å². The van der Waals surface area contributed by atoms with Gasteiger partial charge >= 0.3 is 0 Å². The van der Waals surface area contributed by atoms with Gasteiger partial charge in [-0.05, 0) is 18.2 Å². The van der Waals surface area contributed by atoms with Crippen LogP contribution in [0.4, 0.5) is 5.82 Å². The van der Waals surface area contributed by atoms with E-state index in [1.807, 2.05) is 6.07 Å². The molecule has 27 heavy (non-hydrogen) atoms. The first kappa shape index (κ1) is 17.6. The van der Waals surface area contributed by atoms with E-state index in [9.17, 15) is 15.3 Å². The van der Waals surface area contributed by atoms with E-state index in [0.29, 0.717) is 60.1 Å². The number of fused-ring (bicyclic) bond motifs is 1. The van der Waals surface area contributed by atoms with Gasteiger partial charge in [0.05, 0.1) is 25.3 Å². The molecule has 3 heterocycles. The topological polar surface area (TPSA) is 112 Å². The van der Waals surface area contributed by atoms with Gasteiger partial charge in [0.25, 0.3) is 0 Å². The monoisotopic (exact) mass is 368 g/mol. The number of rotatable bonds is 4. The lowest BCUT2D eigenvalue weighted by Crippen LogP contribution is -2.37. The molecular formula is C19H20N4O4. The van der Waals surface area contributed by atoms with Gasteiger partial charge in [0.15, 0.2) is 11.6 Å². The van der Waals surface area contributed by atoms with Crippen LogP contribution in [0.5, 0.6) is 5.75 Å². The normalized spacial score (nSPS) is 15.9. The fraction of sp³-hybridized carbons (Fsp3) is 0.316. The Morgan fingerprint density at radius 3 is 2.70 bits per heavy atom. The maximum absolute atomic E-state index is 9.94. The highest BCUT2D eigenvalue weighted by atomic mass is 16.5. The summed E-state index contributed by atoms with van der Waals surface area (Å²) >= 11 is 0. The van der Waals surface area contributed by atoms with Crippen LogP contribution in [0.3, 0.4) is 0 Å². The Bertz CT molecular complexity index is 960. The molecule has 140 valence electrons. The van der Waals surface area contributed by atoms with Crippen molar-refractivity contribution in [2.24, 2.45) is 0 Å². The molecule has 1 aliphatic rings. The van der Waals surface area contributed by atoms with Gasteiger partial charge in [0.2, 0.25) is 0 Å². The molecular weight excluding hydrogens is 348 g/mol. The Kier molecular flexibility index (Phi) is 4.85. The zero-order valence-corrected chi connectivity index (χ0v) is 14.6. The Hall–Kier alpha value is -2.81. The lowest BCUT2D eigenvalue weighted by atomic mass is 10.1. The fourth-order valence-corrected chi connectivity index (χ4v) is 3.08. The number of pyridine rings is 1. The molecule has 2 aromatic heterocycles. The SMILES string of the molecule is OC[C@@H](O)c1cnc2c(N3CCOCC3)nc(-c3cccc(O)c3)nc2c1. The molecule has 1 fully saturated rings. The zero-order chi connectivity index (χ0) is 18.8. The molecule has 8 heteroatoms. The minimum Gasteiger partial charge on any atom is -0.508 e. The van der Waals surface area contributed by atoms with Crippen LogP contribution in [0.1, 0.15) is 11.7 Å². The number of ether oxygens (including phenoxy) is 1. The van der Waals surface area contributed by atoms with Crippen molar-refractivity contribution < 1.29 is 20.1 Å². The van der Waals surface area contributed by atoms with Gasteiger partial charge in [0.1, 0.15) is 17.4 Å². The van der Waals surface area contributed by atoms with Gasteiger partial charge in [-0.3, -0.25) is 4.98 Å². The summed E-state index contributed by atoms with van der Waals surface area (Å²) in [7, 11) is 0. The van der Waals surface area contributed by atoms with E-state index < -0.39 is 12.7 Å². The van der Waals surface area contributed by atoms with Crippen molar-refractivity contribution in [1.29, 1.82) is 0 Å². The van der Waals surface area contributed by atoms with E-state index in [2.05, 4.69) is 14.9 Å². The van der Waals surface area contributed by atoms with Crippen LogP contribution in [0.25, 0.3) is 22.4 Å². The number of nitrogens with zero attached hydrogens (tertiary/aromatic N) is 4. The van der Waals surface area contributed by atoms with Gasteiger partial charge in [-0.2, -0.15) is 0 Å². The predicted octanol–water partition coefficient (Wildman–Crippen LogP) is 1.26. The number of morpholine rings is 1. The van der Waals surface area contributed by atoms with Crippen molar-refractivity contribution in [3.05, 3.63) is 42.1 Å². The van der Waals surface area contributed by atoms with Crippen molar-refractivity contribution in [3.8, 4) is 17.1 Å². The van der Waals surface area contributed by atoms with Gasteiger partial charge in [-0.25, -0.2) is 9.97 Å². The molecule has 0 bridgehead atoms. The lowest BCUT2D eigenvalue weighted by Gasteiger charge is -2.28. The first-order chi connectivity index (χ1) is 13.2. The summed E-state index contributed by atoms with van der Waals surface area (Å²) in [5.41, 5.74) is 2.35. The molecule has 0 radical (unpaired) electrons. The standard InChI is InChI=1S/C19H20N4O4/c24-11-16(26)13-9-15-17(20-10-13)19(23-4-6-27-7-5-23)22-18(21-15)12-2-1-3-14(25)8-12/h1-3,8-10,16,24-26H,4-7,11H2/t16-/m1/s1. The average molecular weight is 368 g/mol. The second-order valence-corrected chi connectivity index (χ2v) is 6.36. The summed E-state index contributed by atoms with van der Waals surface area (Å²) < 4.78 is 5.43. The summed E-state index contributed by atoms with van der Waals surface area (Å²) in [6.07, 6.45) is 0.512. The minimum absolute atomic E-state index is 0.131. The molecule has 0 saturated carbocycles. The summed E-state index contributed by atoms with van der Waals surface area (Å²) in [5.74, 6) is 1.27. The van der Waals surface area contributed by atoms with Crippen LogP contribution >= 0.6 is 0 Å². The molecule has 0 spiro atoms. The summed E-state index contributed by atoms with van der Waals surface area (Å²) in [6, 6.07) is 8.45. The van der Waals surface area contributed by atoms with Crippen LogP contribution in [0.15, 0.2) is 36.5 Å². The Morgan fingerprint density at radius 1 is 1.15 bits per heavy atom. The lowest BCUT2D eigenvalue weighted by molar-refractivity contribution is 0.0954. The van der Waals surface area contributed by atoms with Crippen molar-refractivity contribution in [1.82, 2.24) is 15.0 Å². The number of phenols is 1. The number of aliphatic hydroxyl groups excluding tert-OH is 2. The van der Waals surface area contributed by atoms with Gasteiger partial charge in [-0.15, -0.1) is 0 Å². The summed E-state index contributed by atoms with van der Waals surface area (Å²) in [5, 5.41) is 29.0. The Balaban J connectivity index is 1.89. The molecule has 8 nitrogen and oxygen atoms in total. The highest BCUT2D eigenvalue weighted by Gasteiger charge is 2.20. The van der Waals surface area contributed by atoms with Gasteiger partial charge in [0, 0.05) is 30.4 Å². The van der Waals surface area contributed by atoms with E-state index in [1.165, 1.54) is 6.20 Å². The first-order valence-corrected chi connectivity index (χ1v) is 8.74. The molecule has 0 unspecified atom stereocenters. The third-order valence-corrected chi connectivity index (χ3v) is 4.51. The molecule has 1 saturated heterocycles. The van der Waals surface area contributed by atoms with E-state index in [-0.39, 0.29) is 5.75 Å². The third-order valence-electron chi connectivity index (χ3n) is 4.51. The van der Waals surface area contributed by atoms with Gasteiger partial charge < -0.3 is 25.0 Å². The second kappa shape index (κ2) is 7.43. The summed E-state index contributed by atoms with van der Waals surface area (Å²) in [6.45, 7) is 2.19. The zero-order valence-electron chi connectivity index (χ0n) is 14.6. The van der Waals surface area contributed by atoms with Crippen LogP contribution in [-0.2, 0) is 4.74 Å². The highest BCUT2D eigenvalue weighted by Crippen LogP contribution is 2.29. The molecule has 0 aliphatic carbocycles. The number of aromatic nitrogens is 3. The predicted molar refractivity (Wildman–Crippen MR) is 99.5 cm³/mol. The number of hydrogen-bond donors (Lipinski definition) is 3. The van der Waals surface area contributed by atoms with E-state index in [1.54, 1.807) is 24.3 Å². The van der Waals surface area contributed by atoms with Crippen LogP contribution in [0, 0.1) is 0 Å². The van der Waals surface area contributed by atoms with Crippen LogP contribution in [-0.4, -0.2) is 63.2 Å². The maximum atomic E-state index is 9.94. The molecule has 3 N–H and O–H groups in total. The van der Waals surface area contributed by atoms with Crippen LogP contribution in [0.2, 0.25) is 0 Å².